The monoisotopic (exact) mass is 462 g/mol. The number of thiazole rings is 1. The predicted octanol–water partition coefficient (Wildman–Crippen LogP) is 5.47. The Morgan fingerprint density at radius 1 is 1.09 bits per heavy atom. The van der Waals surface area contributed by atoms with E-state index in [1.54, 1.807) is 35.8 Å². The van der Waals surface area contributed by atoms with Crippen molar-refractivity contribution in [2.75, 3.05) is 11.5 Å². The summed E-state index contributed by atoms with van der Waals surface area (Å²) in [4.78, 5) is 31.9. The molecule has 1 aliphatic heterocycles. The number of ketones is 1. The van der Waals surface area contributed by atoms with Crippen LogP contribution >= 0.6 is 11.3 Å². The summed E-state index contributed by atoms with van der Waals surface area (Å²) in [7, 11) is 0. The lowest BCUT2D eigenvalue weighted by atomic mass is 9.85. The van der Waals surface area contributed by atoms with Crippen LogP contribution in [-0.2, 0) is 15.0 Å². The van der Waals surface area contributed by atoms with E-state index < -0.39 is 17.7 Å². The summed E-state index contributed by atoms with van der Waals surface area (Å²) >= 11 is 1.27. The number of carbonyl (C=O) groups excluding carboxylic acids is 2. The second-order valence-corrected chi connectivity index (χ2v) is 9.69. The van der Waals surface area contributed by atoms with Crippen molar-refractivity contribution in [3.63, 3.8) is 0 Å². The van der Waals surface area contributed by atoms with Crippen LogP contribution in [0.5, 0.6) is 5.75 Å². The molecule has 2 heterocycles. The van der Waals surface area contributed by atoms with Gasteiger partial charge in [0.25, 0.3) is 5.78 Å². The lowest BCUT2D eigenvalue weighted by Gasteiger charge is -2.24. The van der Waals surface area contributed by atoms with Crippen molar-refractivity contribution in [2.24, 2.45) is 0 Å². The topological polar surface area (TPSA) is 79.7 Å². The molecule has 7 heteroatoms. The number of hydrogen-bond acceptors (Lipinski definition) is 6. The Labute approximate surface area is 197 Å². The van der Waals surface area contributed by atoms with Crippen LogP contribution in [0.1, 0.15) is 50.4 Å². The highest BCUT2D eigenvalue weighted by atomic mass is 32.1. The molecule has 0 bridgehead atoms. The van der Waals surface area contributed by atoms with E-state index in [-0.39, 0.29) is 16.7 Å². The molecule has 0 spiro atoms. The van der Waals surface area contributed by atoms with Gasteiger partial charge in [-0.1, -0.05) is 45.0 Å². The van der Waals surface area contributed by atoms with Gasteiger partial charge in [0.2, 0.25) is 0 Å². The minimum atomic E-state index is -0.781. The van der Waals surface area contributed by atoms with Crippen LogP contribution in [0.3, 0.4) is 0 Å². The van der Waals surface area contributed by atoms with Crippen molar-refractivity contribution in [3.8, 4) is 5.75 Å². The van der Waals surface area contributed by atoms with E-state index in [4.69, 9.17) is 4.74 Å². The number of aromatic nitrogens is 1. The zero-order valence-corrected chi connectivity index (χ0v) is 19.8. The fourth-order valence-electron chi connectivity index (χ4n) is 3.88. The fraction of sp³-hybridized carbons (Fsp3) is 0.269. The number of benzene rings is 2. The Hall–Kier alpha value is -3.45. The molecule has 33 heavy (non-hydrogen) atoms. The van der Waals surface area contributed by atoms with Gasteiger partial charge in [-0.25, -0.2) is 4.98 Å². The van der Waals surface area contributed by atoms with Crippen LogP contribution in [-0.4, -0.2) is 28.4 Å². The van der Waals surface area contributed by atoms with Crippen LogP contribution in [0.25, 0.3) is 5.76 Å². The standard InChI is InChI=1S/C26H26N2O4S/c1-5-32-19-12-8-17(9-13-19)22(29)20-21(16-6-10-18(11-7-16)26(2,3)4)28(24(31)23(20)30)25-27-14-15-33-25/h6-15,21,29H,5H2,1-4H3/b22-20+/t21-/m1/s1. The van der Waals surface area contributed by atoms with Crippen LogP contribution < -0.4 is 9.64 Å². The number of nitrogens with zero attached hydrogens (tertiary/aromatic N) is 2. The number of aliphatic hydroxyl groups is 1. The number of anilines is 1. The first-order valence-electron chi connectivity index (χ1n) is 10.8. The van der Waals surface area contributed by atoms with E-state index in [1.165, 1.54) is 16.2 Å². The van der Waals surface area contributed by atoms with Crippen molar-refractivity contribution in [1.82, 2.24) is 4.98 Å². The minimum absolute atomic E-state index is 0.0437. The third kappa shape index (κ3) is 4.28. The first-order valence-corrected chi connectivity index (χ1v) is 11.6. The number of hydrogen-bond donors (Lipinski definition) is 1. The fourth-order valence-corrected chi connectivity index (χ4v) is 4.54. The molecule has 6 nitrogen and oxygen atoms in total. The van der Waals surface area contributed by atoms with E-state index in [1.807, 2.05) is 31.2 Å². The molecule has 1 fully saturated rings. The summed E-state index contributed by atoms with van der Waals surface area (Å²) in [5.41, 5.74) is 2.29. The molecule has 4 rings (SSSR count). The lowest BCUT2D eigenvalue weighted by molar-refractivity contribution is -0.132. The maximum Gasteiger partial charge on any atom is 0.301 e. The van der Waals surface area contributed by atoms with Gasteiger partial charge in [-0.05, 0) is 47.7 Å². The van der Waals surface area contributed by atoms with Crippen molar-refractivity contribution in [1.29, 1.82) is 0 Å². The van der Waals surface area contributed by atoms with Gasteiger partial charge in [0.05, 0.1) is 18.2 Å². The van der Waals surface area contributed by atoms with E-state index in [0.29, 0.717) is 23.1 Å². The SMILES string of the molecule is CCOc1ccc(/C(O)=C2\C(=O)C(=O)N(c3nccs3)[C@@H]2c2ccc(C(C)(C)C)cc2)cc1. The van der Waals surface area contributed by atoms with Crippen molar-refractivity contribution in [3.05, 3.63) is 82.4 Å². The van der Waals surface area contributed by atoms with Gasteiger partial charge in [0, 0.05) is 17.1 Å². The molecule has 1 aliphatic rings. The average Bonchev–Trinajstić information content (AvgIpc) is 3.40. The average molecular weight is 463 g/mol. The molecule has 3 aromatic rings. The first-order chi connectivity index (χ1) is 15.7. The molecule has 1 saturated heterocycles. The highest BCUT2D eigenvalue weighted by Gasteiger charge is 2.48. The molecule has 0 saturated carbocycles. The Bertz CT molecular complexity index is 1190. The quantitative estimate of drug-likeness (QED) is 0.309. The molecule has 1 aromatic heterocycles. The Kier molecular flexibility index (Phi) is 6.08. The van der Waals surface area contributed by atoms with Gasteiger partial charge >= 0.3 is 5.91 Å². The number of rotatable bonds is 5. The van der Waals surface area contributed by atoms with Crippen molar-refractivity contribution in [2.45, 2.75) is 39.2 Å². The number of aliphatic hydroxyl groups excluding tert-OH is 1. The highest BCUT2D eigenvalue weighted by molar-refractivity contribution is 7.14. The molecule has 0 aliphatic carbocycles. The van der Waals surface area contributed by atoms with Crippen molar-refractivity contribution < 1.29 is 19.4 Å². The summed E-state index contributed by atoms with van der Waals surface area (Å²) in [5, 5.41) is 13.3. The zero-order chi connectivity index (χ0) is 23.8. The second kappa shape index (κ2) is 8.83. The summed E-state index contributed by atoms with van der Waals surface area (Å²) < 4.78 is 5.47. The highest BCUT2D eigenvalue weighted by Crippen LogP contribution is 2.43. The maximum atomic E-state index is 13.1. The molecular weight excluding hydrogens is 436 g/mol. The van der Waals surface area contributed by atoms with Gasteiger partial charge in [-0.15, -0.1) is 11.3 Å². The van der Waals surface area contributed by atoms with Crippen LogP contribution in [0.4, 0.5) is 5.13 Å². The predicted molar refractivity (Wildman–Crippen MR) is 130 cm³/mol. The molecule has 1 N–H and O–H groups in total. The lowest BCUT2D eigenvalue weighted by Crippen LogP contribution is -2.29. The molecule has 170 valence electrons. The molecular formula is C26H26N2O4S. The van der Waals surface area contributed by atoms with Gasteiger partial charge in [0.15, 0.2) is 5.13 Å². The Balaban J connectivity index is 1.85. The van der Waals surface area contributed by atoms with Gasteiger partial charge in [-0.2, -0.15) is 0 Å². The van der Waals surface area contributed by atoms with Gasteiger partial charge in [-0.3, -0.25) is 14.5 Å². The number of ether oxygens (including phenoxy) is 1. The maximum absolute atomic E-state index is 13.1. The molecule has 0 radical (unpaired) electrons. The number of amides is 1. The summed E-state index contributed by atoms with van der Waals surface area (Å²) in [6, 6.07) is 13.8. The number of carbonyl (C=O) groups is 2. The van der Waals surface area contributed by atoms with E-state index in [2.05, 4.69) is 25.8 Å². The Morgan fingerprint density at radius 2 is 1.76 bits per heavy atom. The van der Waals surface area contributed by atoms with Crippen LogP contribution in [0, 0.1) is 0 Å². The summed E-state index contributed by atoms with van der Waals surface area (Å²) in [6.07, 6.45) is 1.59. The molecule has 1 atom stereocenters. The van der Waals surface area contributed by atoms with E-state index in [9.17, 15) is 14.7 Å². The largest absolute Gasteiger partial charge is 0.507 e. The van der Waals surface area contributed by atoms with Crippen LogP contribution in [0.15, 0.2) is 65.7 Å². The summed E-state index contributed by atoms with van der Waals surface area (Å²) in [5.74, 6) is -1.00. The summed E-state index contributed by atoms with van der Waals surface area (Å²) in [6.45, 7) is 8.77. The van der Waals surface area contributed by atoms with Crippen molar-refractivity contribution >= 4 is 33.9 Å². The third-order valence-electron chi connectivity index (χ3n) is 5.60. The zero-order valence-electron chi connectivity index (χ0n) is 19.0. The van der Waals surface area contributed by atoms with E-state index in [0.717, 1.165) is 11.1 Å². The van der Waals surface area contributed by atoms with Gasteiger partial charge in [0.1, 0.15) is 11.5 Å². The third-order valence-corrected chi connectivity index (χ3v) is 6.37. The normalized spacial score (nSPS) is 18.1. The molecule has 2 aromatic carbocycles. The van der Waals surface area contributed by atoms with Crippen LogP contribution in [0.2, 0.25) is 0 Å². The minimum Gasteiger partial charge on any atom is -0.507 e. The molecule has 0 unspecified atom stereocenters. The Morgan fingerprint density at radius 3 is 2.30 bits per heavy atom. The first kappa shape index (κ1) is 22.7. The smallest absolute Gasteiger partial charge is 0.301 e. The molecule has 1 amide bonds. The number of Topliss-reactive ketones (excluding diaryl/α,β-unsaturated/α-hetero) is 1. The second-order valence-electron chi connectivity index (χ2n) is 8.81. The van der Waals surface area contributed by atoms with Gasteiger partial charge < -0.3 is 9.84 Å². The van der Waals surface area contributed by atoms with E-state index >= 15 is 0 Å².